The molecule has 0 N–H and O–H groups in total. The van der Waals surface area contributed by atoms with Crippen LogP contribution in [0.15, 0.2) is 42.5 Å². The van der Waals surface area contributed by atoms with Crippen molar-refractivity contribution in [1.29, 1.82) is 0 Å². The molecule has 0 aliphatic heterocycles. The molecule has 0 saturated carbocycles. The quantitative estimate of drug-likeness (QED) is 0.641. The van der Waals surface area contributed by atoms with Gasteiger partial charge in [-0.2, -0.15) is 0 Å². The zero-order chi connectivity index (χ0) is 14.1. The number of hydrogen-bond donors (Lipinski definition) is 0. The Bertz CT molecular complexity index is 759. The first-order chi connectivity index (χ1) is 9.72. The highest BCUT2D eigenvalue weighted by molar-refractivity contribution is 6.17. The highest BCUT2D eigenvalue weighted by Crippen LogP contribution is 2.24. The number of nitrogens with zero attached hydrogens (tertiary/aromatic N) is 2. The lowest BCUT2D eigenvalue weighted by Gasteiger charge is -2.09. The maximum absolute atomic E-state index is 6.08. The second kappa shape index (κ2) is 5.29. The summed E-state index contributed by atoms with van der Waals surface area (Å²) in [6.45, 7) is 4.24. The number of fused-ring (bicyclic) bond motifs is 1. The van der Waals surface area contributed by atoms with Crippen molar-refractivity contribution in [3.8, 4) is 5.69 Å². The summed E-state index contributed by atoms with van der Waals surface area (Å²) < 4.78 is 2.15. The van der Waals surface area contributed by atoms with Crippen LogP contribution in [0.25, 0.3) is 16.7 Å². The molecular weight excluding hydrogens is 268 g/mol. The van der Waals surface area contributed by atoms with Crippen LogP contribution in [0.1, 0.15) is 23.9 Å². The van der Waals surface area contributed by atoms with Gasteiger partial charge in [-0.1, -0.05) is 25.1 Å². The van der Waals surface area contributed by atoms with E-state index in [4.69, 9.17) is 11.6 Å². The van der Waals surface area contributed by atoms with E-state index in [0.29, 0.717) is 5.88 Å². The summed E-state index contributed by atoms with van der Waals surface area (Å²) in [5.41, 5.74) is 5.77. The van der Waals surface area contributed by atoms with Crippen molar-refractivity contribution < 1.29 is 0 Å². The normalized spacial score (nSPS) is 11.2. The molecular formula is C17H17ClN2. The zero-order valence-electron chi connectivity index (χ0n) is 11.7. The van der Waals surface area contributed by atoms with Gasteiger partial charge in [0.1, 0.15) is 5.82 Å². The number of aryl methyl sites for hydroxylation is 2. The molecule has 1 heterocycles. The second-order valence-corrected chi connectivity index (χ2v) is 5.28. The van der Waals surface area contributed by atoms with E-state index in [1.807, 2.05) is 0 Å². The molecule has 3 rings (SSSR count). The van der Waals surface area contributed by atoms with Crippen molar-refractivity contribution in [3.63, 3.8) is 0 Å². The van der Waals surface area contributed by atoms with Gasteiger partial charge in [0.2, 0.25) is 0 Å². The molecule has 0 aliphatic rings. The largest absolute Gasteiger partial charge is 0.295 e. The predicted octanol–water partition coefficient (Wildman–Crippen LogP) is 4.64. The molecule has 0 radical (unpaired) electrons. The van der Waals surface area contributed by atoms with Crippen molar-refractivity contribution in [1.82, 2.24) is 9.55 Å². The SMILES string of the molecule is CCc1cccc(-n2c(CCl)nc3cc(C)ccc32)c1. The van der Waals surface area contributed by atoms with Crippen LogP contribution in [0, 0.1) is 6.92 Å². The van der Waals surface area contributed by atoms with Gasteiger partial charge < -0.3 is 0 Å². The lowest BCUT2D eigenvalue weighted by atomic mass is 10.1. The third kappa shape index (κ3) is 2.20. The van der Waals surface area contributed by atoms with Crippen LogP contribution in [-0.2, 0) is 12.3 Å². The van der Waals surface area contributed by atoms with E-state index < -0.39 is 0 Å². The van der Waals surface area contributed by atoms with Gasteiger partial charge in [-0.05, 0) is 48.7 Å². The van der Waals surface area contributed by atoms with Gasteiger partial charge in [0, 0.05) is 5.69 Å². The highest BCUT2D eigenvalue weighted by atomic mass is 35.5. The maximum Gasteiger partial charge on any atom is 0.129 e. The fraction of sp³-hybridized carbons (Fsp3) is 0.235. The Morgan fingerprint density at radius 2 is 2.00 bits per heavy atom. The molecule has 0 spiro atoms. The van der Waals surface area contributed by atoms with E-state index in [0.717, 1.165) is 29.0 Å². The minimum atomic E-state index is 0.407. The molecule has 0 bridgehead atoms. The summed E-state index contributed by atoms with van der Waals surface area (Å²) in [6, 6.07) is 14.9. The van der Waals surface area contributed by atoms with Crippen molar-refractivity contribution in [2.24, 2.45) is 0 Å². The summed E-state index contributed by atoms with van der Waals surface area (Å²) >= 11 is 6.08. The molecule has 0 fully saturated rings. The van der Waals surface area contributed by atoms with Crippen LogP contribution in [0.4, 0.5) is 0 Å². The van der Waals surface area contributed by atoms with E-state index in [1.165, 1.54) is 11.1 Å². The number of halogens is 1. The van der Waals surface area contributed by atoms with Gasteiger partial charge in [-0.3, -0.25) is 4.57 Å². The first kappa shape index (κ1) is 13.2. The molecule has 0 unspecified atom stereocenters. The van der Waals surface area contributed by atoms with Crippen molar-refractivity contribution in [2.45, 2.75) is 26.1 Å². The number of aromatic nitrogens is 2. The molecule has 2 aromatic carbocycles. The second-order valence-electron chi connectivity index (χ2n) is 5.01. The average molecular weight is 285 g/mol. The van der Waals surface area contributed by atoms with Crippen LogP contribution >= 0.6 is 11.6 Å². The van der Waals surface area contributed by atoms with Crippen molar-refractivity contribution in [2.75, 3.05) is 0 Å². The van der Waals surface area contributed by atoms with Crippen molar-refractivity contribution in [3.05, 3.63) is 59.4 Å². The van der Waals surface area contributed by atoms with Crippen LogP contribution < -0.4 is 0 Å². The van der Waals surface area contributed by atoms with Gasteiger partial charge in [0.05, 0.1) is 16.9 Å². The van der Waals surface area contributed by atoms with E-state index in [1.54, 1.807) is 0 Å². The third-order valence-electron chi connectivity index (χ3n) is 3.58. The van der Waals surface area contributed by atoms with Gasteiger partial charge >= 0.3 is 0 Å². The number of benzene rings is 2. The molecule has 0 amide bonds. The standard InChI is InChI=1S/C17H17ClN2/c1-3-13-5-4-6-14(10-13)20-16-8-7-12(2)9-15(16)19-17(20)11-18/h4-10H,3,11H2,1-2H3. The van der Waals surface area contributed by atoms with Crippen molar-refractivity contribution >= 4 is 22.6 Å². The minimum Gasteiger partial charge on any atom is -0.295 e. The highest BCUT2D eigenvalue weighted by Gasteiger charge is 2.11. The van der Waals surface area contributed by atoms with E-state index in [2.05, 4.69) is 65.9 Å². The Kier molecular flexibility index (Phi) is 3.49. The molecule has 102 valence electrons. The molecule has 2 nitrogen and oxygen atoms in total. The molecule has 1 aromatic heterocycles. The monoisotopic (exact) mass is 284 g/mol. The topological polar surface area (TPSA) is 17.8 Å². The van der Waals surface area contributed by atoms with Gasteiger partial charge in [0.25, 0.3) is 0 Å². The Morgan fingerprint density at radius 3 is 2.75 bits per heavy atom. The first-order valence-corrected chi connectivity index (χ1v) is 7.39. The summed E-state index contributed by atoms with van der Waals surface area (Å²) in [5, 5.41) is 0. The van der Waals surface area contributed by atoms with Crippen LogP contribution in [0.3, 0.4) is 0 Å². The molecule has 0 aliphatic carbocycles. The summed E-state index contributed by atoms with van der Waals surface area (Å²) in [7, 11) is 0. The van der Waals surface area contributed by atoms with Crippen LogP contribution in [0.5, 0.6) is 0 Å². The molecule has 20 heavy (non-hydrogen) atoms. The smallest absolute Gasteiger partial charge is 0.129 e. The van der Waals surface area contributed by atoms with E-state index in [9.17, 15) is 0 Å². The molecule has 3 heteroatoms. The average Bonchev–Trinajstić information content (AvgIpc) is 2.84. The summed E-state index contributed by atoms with van der Waals surface area (Å²) in [5.74, 6) is 1.30. The Balaban J connectivity index is 2.28. The molecule has 0 saturated heterocycles. The lowest BCUT2D eigenvalue weighted by molar-refractivity contribution is 0.975. The van der Waals surface area contributed by atoms with Crippen LogP contribution in [0.2, 0.25) is 0 Å². The van der Waals surface area contributed by atoms with Crippen LogP contribution in [-0.4, -0.2) is 9.55 Å². The third-order valence-corrected chi connectivity index (χ3v) is 3.82. The number of imidazole rings is 1. The Labute approximate surface area is 124 Å². The Morgan fingerprint density at radius 1 is 1.15 bits per heavy atom. The predicted molar refractivity (Wildman–Crippen MR) is 84.7 cm³/mol. The van der Waals surface area contributed by atoms with E-state index >= 15 is 0 Å². The van der Waals surface area contributed by atoms with E-state index in [-0.39, 0.29) is 0 Å². The Hall–Kier alpha value is -1.80. The van der Waals surface area contributed by atoms with Gasteiger partial charge in [-0.15, -0.1) is 11.6 Å². The molecule has 3 aromatic rings. The van der Waals surface area contributed by atoms with Gasteiger partial charge in [-0.25, -0.2) is 4.98 Å². The minimum absolute atomic E-state index is 0.407. The number of alkyl halides is 1. The summed E-state index contributed by atoms with van der Waals surface area (Å²) in [6.07, 6.45) is 1.02. The maximum atomic E-state index is 6.08. The zero-order valence-corrected chi connectivity index (χ0v) is 12.5. The number of hydrogen-bond acceptors (Lipinski definition) is 1. The fourth-order valence-electron chi connectivity index (χ4n) is 2.53. The molecule has 0 atom stereocenters. The fourth-order valence-corrected chi connectivity index (χ4v) is 2.71. The number of rotatable bonds is 3. The summed E-state index contributed by atoms with van der Waals surface area (Å²) in [4.78, 5) is 4.65. The lowest BCUT2D eigenvalue weighted by Crippen LogP contribution is -1.99. The first-order valence-electron chi connectivity index (χ1n) is 6.86. The van der Waals surface area contributed by atoms with Gasteiger partial charge in [0.15, 0.2) is 0 Å².